The van der Waals surface area contributed by atoms with E-state index in [4.69, 9.17) is 4.74 Å². The molecule has 0 aliphatic carbocycles. The van der Waals surface area contributed by atoms with E-state index in [1.54, 1.807) is 17.0 Å². The van der Waals surface area contributed by atoms with Crippen molar-refractivity contribution in [3.63, 3.8) is 0 Å². The van der Waals surface area contributed by atoms with Crippen molar-refractivity contribution in [2.75, 3.05) is 13.2 Å². The number of benzene rings is 1. The molecule has 2 aliphatic heterocycles. The number of nitro benzene ring substituents is 1. The number of hydrogen-bond donors (Lipinski definition) is 1. The number of non-ortho nitro benzene ring substituents is 1. The molecule has 0 bridgehead atoms. The van der Waals surface area contributed by atoms with Gasteiger partial charge in [-0.1, -0.05) is 12.1 Å². The number of nitrogens with one attached hydrogen (secondary N) is 1. The maximum absolute atomic E-state index is 12.4. The molecule has 2 fully saturated rings. The topological polar surface area (TPSA) is 84.7 Å². The SMILES string of the molecule is CC1NC(c2cccc([N+](=O)[O-])c2)N(C2CCOC2)C1=O. The van der Waals surface area contributed by atoms with Crippen LogP contribution in [0.2, 0.25) is 0 Å². The number of nitrogens with zero attached hydrogens (tertiary/aromatic N) is 2. The molecule has 2 heterocycles. The zero-order valence-electron chi connectivity index (χ0n) is 11.7. The lowest BCUT2D eigenvalue weighted by Gasteiger charge is -2.29. The van der Waals surface area contributed by atoms with Crippen molar-refractivity contribution in [3.05, 3.63) is 39.9 Å². The number of carbonyl (C=O) groups excluding carboxylic acids is 1. The number of amides is 1. The maximum Gasteiger partial charge on any atom is 0.269 e. The first kappa shape index (κ1) is 14.0. The van der Waals surface area contributed by atoms with Gasteiger partial charge in [0.05, 0.1) is 23.6 Å². The minimum Gasteiger partial charge on any atom is -0.379 e. The molecule has 0 radical (unpaired) electrons. The Hall–Kier alpha value is -1.99. The molecule has 0 aromatic heterocycles. The Morgan fingerprint density at radius 1 is 1.48 bits per heavy atom. The van der Waals surface area contributed by atoms with Gasteiger partial charge in [0.25, 0.3) is 5.69 Å². The summed E-state index contributed by atoms with van der Waals surface area (Å²) in [4.78, 5) is 24.6. The Bertz CT molecular complexity index is 571. The molecular weight excluding hydrogens is 274 g/mol. The van der Waals surface area contributed by atoms with Crippen molar-refractivity contribution >= 4 is 11.6 Å². The Kier molecular flexibility index (Phi) is 3.60. The van der Waals surface area contributed by atoms with Crippen LogP contribution in [-0.4, -0.2) is 41.0 Å². The largest absolute Gasteiger partial charge is 0.379 e. The van der Waals surface area contributed by atoms with E-state index in [1.165, 1.54) is 12.1 Å². The number of hydrogen-bond acceptors (Lipinski definition) is 5. The summed E-state index contributed by atoms with van der Waals surface area (Å²) in [6.45, 7) is 2.97. The number of rotatable bonds is 3. The van der Waals surface area contributed by atoms with Gasteiger partial charge in [0.1, 0.15) is 6.17 Å². The smallest absolute Gasteiger partial charge is 0.269 e. The molecule has 21 heavy (non-hydrogen) atoms. The second-order valence-corrected chi connectivity index (χ2v) is 5.41. The quantitative estimate of drug-likeness (QED) is 0.668. The third-order valence-electron chi connectivity index (χ3n) is 4.01. The fraction of sp³-hybridized carbons (Fsp3) is 0.500. The van der Waals surface area contributed by atoms with E-state index in [-0.39, 0.29) is 29.8 Å². The Morgan fingerprint density at radius 2 is 2.29 bits per heavy atom. The minimum absolute atomic E-state index is 0.0157. The van der Waals surface area contributed by atoms with Gasteiger partial charge in [-0.3, -0.25) is 20.2 Å². The van der Waals surface area contributed by atoms with Crippen LogP contribution < -0.4 is 5.32 Å². The monoisotopic (exact) mass is 291 g/mol. The lowest BCUT2D eigenvalue weighted by molar-refractivity contribution is -0.385. The number of nitro groups is 1. The lowest BCUT2D eigenvalue weighted by Crippen LogP contribution is -2.40. The first-order chi connectivity index (χ1) is 10.1. The van der Waals surface area contributed by atoms with Gasteiger partial charge in [-0.25, -0.2) is 0 Å². The van der Waals surface area contributed by atoms with E-state index in [2.05, 4.69) is 5.32 Å². The first-order valence-electron chi connectivity index (χ1n) is 6.98. The highest BCUT2D eigenvalue weighted by molar-refractivity contribution is 5.84. The van der Waals surface area contributed by atoms with Crippen LogP contribution in [0.15, 0.2) is 24.3 Å². The summed E-state index contributed by atoms with van der Waals surface area (Å²) >= 11 is 0. The third kappa shape index (κ3) is 2.50. The molecule has 112 valence electrons. The fourth-order valence-corrected chi connectivity index (χ4v) is 2.94. The van der Waals surface area contributed by atoms with Gasteiger partial charge in [0, 0.05) is 18.7 Å². The van der Waals surface area contributed by atoms with Gasteiger partial charge in [0.15, 0.2) is 0 Å². The van der Waals surface area contributed by atoms with Crippen LogP contribution in [0, 0.1) is 10.1 Å². The molecule has 3 rings (SSSR count). The van der Waals surface area contributed by atoms with Crippen LogP contribution in [0.4, 0.5) is 5.69 Å². The molecule has 1 aromatic rings. The molecule has 2 aliphatic rings. The molecule has 0 saturated carbocycles. The number of ether oxygens (including phenoxy) is 1. The summed E-state index contributed by atoms with van der Waals surface area (Å²) in [6.07, 6.45) is 0.463. The fourth-order valence-electron chi connectivity index (χ4n) is 2.94. The highest BCUT2D eigenvalue weighted by Crippen LogP contribution is 2.31. The molecule has 3 atom stereocenters. The van der Waals surface area contributed by atoms with Gasteiger partial charge in [-0.2, -0.15) is 0 Å². The highest BCUT2D eigenvalue weighted by atomic mass is 16.6. The predicted octanol–water partition coefficient (Wildman–Crippen LogP) is 1.20. The van der Waals surface area contributed by atoms with E-state index in [0.717, 1.165) is 12.0 Å². The van der Waals surface area contributed by atoms with Gasteiger partial charge in [-0.05, 0) is 18.9 Å². The molecule has 7 heteroatoms. The van der Waals surface area contributed by atoms with Crippen molar-refractivity contribution in [1.29, 1.82) is 0 Å². The van der Waals surface area contributed by atoms with Gasteiger partial charge < -0.3 is 9.64 Å². The Labute approximate surface area is 122 Å². The molecule has 3 unspecified atom stereocenters. The van der Waals surface area contributed by atoms with Gasteiger partial charge in [0.2, 0.25) is 5.91 Å². The predicted molar refractivity (Wildman–Crippen MR) is 74.5 cm³/mol. The summed E-state index contributed by atoms with van der Waals surface area (Å²) in [5.74, 6) is 0.0157. The average Bonchev–Trinajstić information content (AvgIpc) is 3.08. The molecule has 1 N–H and O–H groups in total. The molecule has 0 spiro atoms. The highest BCUT2D eigenvalue weighted by Gasteiger charge is 2.42. The standard InChI is InChI=1S/C14H17N3O4/c1-9-14(18)16(12-5-6-21-8-12)13(15-9)10-3-2-4-11(7-10)17(19)20/h2-4,7,9,12-13,15H,5-6,8H2,1H3. The maximum atomic E-state index is 12.4. The summed E-state index contributed by atoms with van der Waals surface area (Å²) in [5, 5.41) is 14.1. The minimum atomic E-state index is -0.424. The average molecular weight is 291 g/mol. The summed E-state index contributed by atoms with van der Waals surface area (Å²) in [5.41, 5.74) is 0.762. The van der Waals surface area contributed by atoms with Crippen LogP contribution >= 0.6 is 0 Å². The van der Waals surface area contributed by atoms with Gasteiger partial charge in [-0.15, -0.1) is 0 Å². The molecule has 1 aromatic carbocycles. The molecule has 7 nitrogen and oxygen atoms in total. The van der Waals surface area contributed by atoms with Crippen LogP contribution in [0.3, 0.4) is 0 Å². The molecule has 2 saturated heterocycles. The Balaban J connectivity index is 1.93. The van der Waals surface area contributed by atoms with Crippen LogP contribution in [0.25, 0.3) is 0 Å². The first-order valence-corrected chi connectivity index (χ1v) is 6.98. The Morgan fingerprint density at radius 3 is 2.95 bits per heavy atom. The van der Waals surface area contributed by atoms with E-state index < -0.39 is 4.92 Å². The van der Waals surface area contributed by atoms with E-state index in [1.807, 2.05) is 6.92 Å². The van der Waals surface area contributed by atoms with Crippen molar-refractivity contribution in [1.82, 2.24) is 10.2 Å². The summed E-state index contributed by atoms with van der Waals surface area (Å²) < 4.78 is 5.37. The van der Waals surface area contributed by atoms with Crippen LogP contribution in [-0.2, 0) is 9.53 Å². The van der Waals surface area contributed by atoms with Crippen molar-refractivity contribution in [3.8, 4) is 0 Å². The third-order valence-corrected chi connectivity index (χ3v) is 4.01. The van der Waals surface area contributed by atoms with Crippen molar-refractivity contribution < 1.29 is 14.5 Å². The van der Waals surface area contributed by atoms with Crippen molar-refractivity contribution in [2.24, 2.45) is 0 Å². The zero-order chi connectivity index (χ0) is 15.0. The zero-order valence-corrected chi connectivity index (χ0v) is 11.7. The second kappa shape index (κ2) is 5.42. The van der Waals surface area contributed by atoms with E-state index in [0.29, 0.717) is 13.2 Å². The van der Waals surface area contributed by atoms with Gasteiger partial charge >= 0.3 is 0 Å². The molecular formula is C14H17N3O4. The van der Waals surface area contributed by atoms with Crippen molar-refractivity contribution in [2.45, 2.75) is 31.6 Å². The van der Waals surface area contributed by atoms with Crippen LogP contribution in [0.5, 0.6) is 0 Å². The second-order valence-electron chi connectivity index (χ2n) is 5.41. The number of carbonyl (C=O) groups is 1. The summed E-state index contributed by atoms with van der Waals surface area (Å²) in [7, 11) is 0. The molecule has 1 amide bonds. The lowest BCUT2D eigenvalue weighted by atomic mass is 10.1. The normalized spacial score (nSPS) is 29.1. The summed E-state index contributed by atoms with van der Waals surface area (Å²) in [6, 6.07) is 6.15. The van der Waals surface area contributed by atoms with E-state index >= 15 is 0 Å². The van der Waals surface area contributed by atoms with Crippen LogP contribution in [0.1, 0.15) is 25.1 Å². The van der Waals surface area contributed by atoms with E-state index in [9.17, 15) is 14.9 Å².